The van der Waals surface area contributed by atoms with Gasteiger partial charge in [0.1, 0.15) is 6.54 Å². The minimum Gasteiger partial charge on any atom is -0.479 e. The maximum absolute atomic E-state index is 11.4. The molecule has 0 bridgehead atoms. The Morgan fingerprint density at radius 3 is 3.00 bits per heavy atom. The van der Waals surface area contributed by atoms with Crippen LogP contribution in [-0.2, 0) is 20.9 Å². The zero-order valence-electron chi connectivity index (χ0n) is 9.96. The fourth-order valence-corrected chi connectivity index (χ4v) is 1.15. The van der Waals surface area contributed by atoms with Crippen molar-refractivity contribution < 1.29 is 24.2 Å². The first kappa shape index (κ1) is 14.0. The first-order valence-electron chi connectivity index (χ1n) is 5.24. The van der Waals surface area contributed by atoms with Crippen molar-refractivity contribution in [3.05, 3.63) is 12.4 Å². The van der Waals surface area contributed by atoms with Crippen LogP contribution in [0.15, 0.2) is 12.4 Å². The van der Waals surface area contributed by atoms with E-state index in [1.807, 2.05) is 0 Å². The van der Waals surface area contributed by atoms with Crippen molar-refractivity contribution in [2.45, 2.75) is 6.54 Å². The van der Waals surface area contributed by atoms with Crippen LogP contribution in [0.3, 0.4) is 0 Å². The lowest BCUT2D eigenvalue weighted by Gasteiger charge is -2.04. The third-order valence-corrected chi connectivity index (χ3v) is 1.91. The van der Waals surface area contributed by atoms with E-state index in [2.05, 4.69) is 10.4 Å². The van der Waals surface area contributed by atoms with Gasteiger partial charge in [-0.05, 0) is 0 Å². The molecule has 0 aliphatic carbocycles. The van der Waals surface area contributed by atoms with Crippen LogP contribution in [-0.4, -0.2) is 53.6 Å². The number of nitrogens with zero attached hydrogens (tertiary/aromatic N) is 2. The van der Waals surface area contributed by atoms with Gasteiger partial charge in [0, 0.05) is 13.7 Å². The third-order valence-electron chi connectivity index (χ3n) is 1.91. The van der Waals surface area contributed by atoms with Gasteiger partial charge in [-0.25, -0.2) is 4.79 Å². The van der Waals surface area contributed by atoms with Gasteiger partial charge in [0.25, 0.3) is 0 Å². The maximum Gasteiger partial charge on any atom is 0.341 e. The van der Waals surface area contributed by atoms with E-state index in [-0.39, 0.29) is 12.5 Å². The molecule has 1 aromatic heterocycles. The fraction of sp³-hybridized carbons (Fsp3) is 0.500. The highest BCUT2D eigenvalue weighted by Gasteiger charge is 2.06. The van der Waals surface area contributed by atoms with E-state index in [4.69, 9.17) is 14.6 Å². The Hall–Kier alpha value is -2.09. The van der Waals surface area contributed by atoms with Crippen molar-refractivity contribution in [3.63, 3.8) is 0 Å². The number of carbonyl (C=O) groups excluding carboxylic acids is 1. The minimum absolute atomic E-state index is 0.0418. The molecule has 0 aliphatic rings. The summed E-state index contributed by atoms with van der Waals surface area (Å²) in [5, 5.41) is 14.9. The first-order valence-corrected chi connectivity index (χ1v) is 5.24. The van der Waals surface area contributed by atoms with Crippen LogP contribution in [0.4, 0.5) is 0 Å². The summed E-state index contributed by atoms with van der Waals surface area (Å²) in [5.41, 5.74) is 0. The van der Waals surface area contributed by atoms with Crippen molar-refractivity contribution in [2.24, 2.45) is 0 Å². The Bertz CT molecular complexity index is 404. The van der Waals surface area contributed by atoms with E-state index >= 15 is 0 Å². The number of carboxylic acid groups (broad SMARTS) is 1. The normalized spacial score (nSPS) is 10.1. The summed E-state index contributed by atoms with van der Waals surface area (Å²) in [6.07, 6.45) is 2.81. The number of nitrogens with one attached hydrogen (secondary N) is 1. The predicted molar refractivity (Wildman–Crippen MR) is 60.2 cm³/mol. The highest BCUT2D eigenvalue weighted by Crippen LogP contribution is 2.07. The predicted octanol–water partition coefficient (Wildman–Crippen LogP) is -0.891. The molecular weight excluding hydrogens is 242 g/mol. The number of hydrogen-bond donors (Lipinski definition) is 2. The van der Waals surface area contributed by atoms with Crippen LogP contribution in [0.5, 0.6) is 5.75 Å². The fourth-order valence-electron chi connectivity index (χ4n) is 1.15. The van der Waals surface area contributed by atoms with Crippen LogP contribution in [0, 0.1) is 0 Å². The van der Waals surface area contributed by atoms with Gasteiger partial charge in [-0.2, -0.15) is 5.10 Å². The second-order valence-corrected chi connectivity index (χ2v) is 3.40. The summed E-state index contributed by atoms with van der Waals surface area (Å²) in [6.45, 7) is 0.475. The van der Waals surface area contributed by atoms with E-state index < -0.39 is 12.6 Å². The molecule has 0 saturated carbocycles. The molecule has 100 valence electrons. The first-order chi connectivity index (χ1) is 8.61. The Balaban J connectivity index is 2.34. The molecule has 0 fully saturated rings. The smallest absolute Gasteiger partial charge is 0.341 e. The van der Waals surface area contributed by atoms with Gasteiger partial charge in [-0.3, -0.25) is 9.48 Å². The molecule has 0 spiro atoms. The Morgan fingerprint density at radius 2 is 2.33 bits per heavy atom. The lowest BCUT2D eigenvalue weighted by molar-refractivity contribution is -0.139. The molecule has 0 aromatic carbocycles. The molecule has 2 N–H and O–H groups in total. The molecule has 1 aromatic rings. The Morgan fingerprint density at radius 1 is 1.56 bits per heavy atom. The van der Waals surface area contributed by atoms with Gasteiger partial charge >= 0.3 is 5.97 Å². The SMILES string of the molecule is COCCNC(=O)Cn1cc(OCC(=O)O)cn1. The summed E-state index contributed by atoms with van der Waals surface area (Å²) >= 11 is 0. The standard InChI is InChI=1S/C10H15N3O5/c1-17-3-2-11-9(14)6-13-5-8(4-12-13)18-7-10(15)16/h4-5H,2-3,6-7H2,1H3,(H,11,14)(H,15,16). The topological polar surface area (TPSA) is 103 Å². The number of methoxy groups -OCH3 is 1. The molecule has 18 heavy (non-hydrogen) atoms. The average Bonchev–Trinajstić information content (AvgIpc) is 2.74. The number of amides is 1. The maximum atomic E-state index is 11.4. The van der Waals surface area contributed by atoms with E-state index in [1.54, 1.807) is 7.11 Å². The van der Waals surface area contributed by atoms with Gasteiger partial charge in [0.2, 0.25) is 5.91 Å². The van der Waals surface area contributed by atoms with Gasteiger partial charge in [-0.1, -0.05) is 0 Å². The molecule has 1 amide bonds. The molecule has 8 nitrogen and oxygen atoms in total. The lowest BCUT2D eigenvalue weighted by Crippen LogP contribution is -2.30. The number of carboxylic acids is 1. The summed E-state index contributed by atoms with van der Waals surface area (Å²) in [6, 6.07) is 0. The van der Waals surface area contributed by atoms with Crippen molar-refractivity contribution in [1.82, 2.24) is 15.1 Å². The van der Waals surface area contributed by atoms with E-state index in [0.717, 1.165) is 0 Å². The third kappa shape index (κ3) is 5.30. The number of carbonyl (C=O) groups is 2. The van der Waals surface area contributed by atoms with Crippen molar-refractivity contribution >= 4 is 11.9 Å². The second kappa shape index (κ2) is 7.28. The number of aromatic nitrogens is 2. The van der Waals surface area contributed by atoms with E-state index in [9.17, 15) is 9.59 Å². The molecule has 1 rings (SSSR count). The van der Waals surface area contributed by atoms with Gasteiger partial charge in [0.05, 0.1) is 19.0 Å². The summed E-state index contributed by atoms with van der Waals surface area (Å²) < 4.78 is 11.0. The van der Waals surface area contributed by atoms with Gasteiger partial charge in [0.15, 0.2) is 12.4 Å². The quantitative estimate of drug-likeness (QED) is 0.586. The molecular formula is C10H15N3O5. The highest BCUT2D eigenvalue weighted by molar-refractivity contribution is 5.75. The van der Waals surface area contributed by atoms with E-state index in [0.29, 0.717) is 18.9 Å². The van der Waals surface area contributed by atoms with Crippen LogP contribution in [0.2, 0.25) is 0 Å². The number of aliphatic carboxylic acids is 1. The number of rotatable bonds is 8. The average molecular weight is 257 g/mol. The summed E-state index contributed by atoms with van der Waals surface area (Å²) in [5.74, 6) is -0.970. The monoisotopic (exact) mass is 257 g/mol. The van der Waals surface area contributed by atoms with Gasteiger partial charge in [-0.15, -0.1) is 0 Å². The summed E-state index contributed by atoms with van der Waals surface area (Å²) in [4.78, 5) is 21.7. The second-order valence-electron chi connectivity index (χ2n) is 3.40. The minimum atomic E-state index is -1.07. The van der Waals surface area contributed by atoms with Crippen molar-refractivity contribution in [3.8, 4) is 5.75 Å². The molecule has 0 atom stereocenters. The zero-order chi connectivity index (χ0) is 13.4. The van der Waals surface area contributed by atoms with Crippen LogP contribution >= 0.6 is 0 Å². The van der Waals surface area contributed by atoms with Crippen molar-refractivity contribution in [2.75, 3.05) is 26.9 Å². The van der Waals surface area contributed by atoms with E-state index in [1.165, 1.54) is 17.1 Å². The molecule has 0 aliphatic heterocycles. The van der Waals surface area contributed by atoms with Crippen LogP contribution in [0.25, 0.3) is 0 Å². The Labute approximate surface area is 103 Å². The number of hydrogen-bond acceptors (Lipinski definition) is 5. The van der Waals surface area contributed by atoms with Crippen LogP contribution < -0.4 is 10.1 Å². The Kier molecular flexibility index (Phi) is 5.65. The molecule has 8 heteroatoms. The lowest BCUT2D eigenvalue weighted by atomic mass is 10.5. The molecule has 0 saturated heterocycles. The van der Waals surface area contributed by atoms with Gasteiger partial charge < -0.3 is 19.9 Å². The molecule has 1 heterocycles. The summed E-state index contributed by atoms with van der Waals surface area (Å²) in [7, 11) is 1.55. The highest BCUT2D eigenvalue weighted by atomic mass is 16.5. The number of ether oxygens (including phenoxy) is 2. The van der Waals surface area contributed by atoms with Crippen molar-refractivity contribution in [1.29, 1.82) is 0 Å². The zero-order valence-corrected chi connectivity index (χ0v) is 9.96. The largest absolute Gasteiger partial charge is 0.479 e. The molecule has 0 radical (unpaired) electrons. The molecule has 0 unspecified atom stereocenters. The van der Waals surface area contributed by atoms with Crippen LogP contribution in [0.1, 0.15) is 0 Å².